The van der Waals surface area contributed by atoms with Crippen LogP contribution in [-0.4, -0.2) is 18.1 Å². The van der Waals surface area contributed by atoms with Crippen molar-refractivity contribution in [3.8, 4) is 5.75 Å². The van der Waals surface area contributed by atoms with Crippen LogP contribution in [0.25, 0.3) is 0 Å². The maximum atomic E-state index is 12.8. The van der Waals surface area contributed by atoms with Crippen molar-refractivity contribution in [2.45, 2.75) is 0 Å². The monoisotopic (exact) mass is 304 g/mol. The van der Waals surface area contributed by atoms with Crippen molar-refractivity contribution in [1.82, 2.24) is 5.32 Å². The number of halogens is 1. The fourth-order valence-corrected chi connectivity index (χ4v) is 1.85. The minimum atomic E-state index is -0.353. The van der Waals surface area contributed by atoms with Gasteiger partial charge in [0.1, 0.15) is 11.6 Å². The maximum absolute atomic E-state index is 12.8. The summed E-state index contributed by atoms with van der Waals surface area (Å²) in [6.07, 6.45) is 0. The first-order valence-electron chi connectivity index (χ1n) is 6.10. The Morgan fingerprint density at radius 1 is 1.19 bits per heavy atom. The van der Waals surface area contributed by atoms with Gasteiger partial charge in [-0.15, -0.1) is 0 Å². The number of ether oxygens (including phenoxy) is 1. The lowest BCUT2D eigenvalue weighted by Gasteiger charge is -2.10. The van der Waals surface area contributed by atoms with E-state index in [0.717, 1.165) is 0 Å². The fraction of sp³-hybridized carbons (Fsp3) is 0.0667. The molecule has 1 amide bonds. The van der Waals surface area contributed by atoms with Crippen molar-refractivity contribution in [2.24, 2.45) is 0 Å². The molecule has 0 radical (unpaired) electrons. The number of rotatable bonds is 3. The van der Waals surface area contributed by atoms with Gasteiger partial charge in [0.15, 0.2) is 5.11 Å². The number of hydrogen-bond acceptors (Lipinski definition) is 3. The summed E-state index contributed by atoms with van der Waals surface area (Å²) in [4.78, 5) is 12.0. The Morgan fingerprint density at radius 2 is 1.90 bits per heavy atom. The van der Waals surface area contributed by atoms with E-state index in [-0.39, 0.29) is 16.8 Å². The van der Waals surface area contributed by atoms with Gasteiger partial charge in [-0.3, -0.25) is 10.1 Å². The molecule has 0 unspecified atom stereocenters. The van der Waals surface area contributed by atoms with Crippen LogP contribution in [0.3, 0.4) is 0 Å². The van der Waals surface area contributed by atoms with Crippen molar-refractivity contribution in [3.05, 3.63) is 59.9 Å². The van der Waals surface area contributed by atoms with E-state index in [1.165, 1.54) is 31.4 Å². The lowest BCUT2D eigenvalue weighted by Crippen LogP contribution is -2.34. The number of anilines is 1. The molecular weight excluding hydrogens is 291 g/mol. The predicted octanol–water partition coefficient (Wildman–Crippen LogP) is 2.96. The van der Waals surface area contributed by atoms with Crippen molar-refractivity contribution in [2.75, 3.05) is 12.4 Å². The van der Waals surface area contributed by atoms with Gasteiger partial charge in [-0.1, -0.05) is 6.07 Å². The van der Waals surface area contributed by atoms with E-state index in [2.05, 4.69) is 10.6 Å². The van der Waals surface area contributed by atoms with Gasteiger partial charge in [-0.2, -0.15) is 0 Å². The quantitative estimate of drug-likeness (QED) is 0.856. The molecule has 2 aromatic carbocycles. The standard InChI is InChI=1S/C15H13FN2O2S/c1-20-13-4-2-3-10(9-13)14(19)18-15(21)17-12-7-5-11(16)6-8-12/h2-9H,1H3,(H2,17,18,19,21). The molecule has 21 heavy (non-hydrogen) atoms. The Morgan fingerprint density at radius 3 is 2.57 bits per heavy atom. The summed E-state index contributed by atoms with van der Waals surface area (Å²) in [5.74, 6) is -0.111. The van der Waals surface area contributed by atoms with Gasteiger partial charge in [-0.05, 0) is 54.7 Å². The number of carbonyl (C=O) groups is 1. The van der Waals surface area contributed by atoms with Crippen molar-refractivity contribution < 1.29 is 13.9 Å². The first-order chi connectivity index (χ1) is 10.1. The molecule has 6 heteroatoms. The molecule has 0 bridgehead atoms. The molecule has 2 rings (SSSR count). The third-order valence-corrected chi connectivity index (χ3v) is 2.87. The number of benzene rings is 2. The van der Waals surface area contributed by atoms with Crippen molar-refractivity contribution >= 4 is 28.9 Å². The summed E-state index contributed by atoms with van der Waals surface area (Å²) >= 11 is 5.04. The average molecular weight is 304 g/mol. The smallest absolute Gasteiger partial charge is 0.257 e. The second-order valence-corrected chi connectivity index (χ2v) is 4.56. The highest BCUT2D eigenvalue weighted by Crippen LogP contribution is 2.12. The first-order valence-corrected chi connectivity index (χ1v) is 6.51. The first kappa shape index (κ1) is 14.9. The van der Waals surface area contributed by atoms with E-state index in [4.69, 9.17) is 17.0 Å². The highest BCUT2D eigenvalue weighted by Gasteiger charge is 2.08. The topological polar surface area (TPSA) is 50.4 Å². The third-order valence-electron chi connectivity index (χ3n) is 2.66. The molecule has 108 valence electrons. The van der Waals surface area contributed by atoms with E-state index < -0.39 is 0 Å². The highest BCUT2D eigenvalue weighted by atomic mass is 32.1. The molecule has 2 aromatic rings. The molecule has 0 fully saturated rings. The normalized spacial score (nSPS) is 9.81. The van der Waals surface area contributed by atoms with Gasteiger partial charge < -0.3 is 10.1 Å². The second-order valence-electron chi connectivity index (χ2n) is 4.15. The maximum Gasteiger partial charge on any atom is 0.257 e. The summed E-state index contributed by atoms with van der Waals surface area (Å²) in [5, 5.41) is 5.48. The van der Waals surface area contributed by atoms with Crippen LogP contribution in [-0.2, 0) is 0 Å². The van der Waals surface area contributed by atoms with Gasteiger partial charge in [0.25, 0.3) is 5.91 Å². The SMILES string of the molecule is COc1cccc(C(=O)NC(=S)Nc2ccc(F)cc2)c1. The zero-order chi connectivity index (χ0) is 15.2. The number of nitrogens with one attached hydrogen (secondary N) is 2. The molecule has 0 spiro atoms. The van der Waals surface area contributed by atoms with E-state index >= 15 is 0 Å². The summed E-state index contributed by atoms with van der Waals surface area (Å²) in [6.45, 7) is 0. The summed E-state index contributed by atoms with van der Waals surface area (Å²) < 4.78 is 17.8. The van der Waals surface area contributed by atoms with Gasteiger partial charge >= 0.3 is 0 Å². The highest BCUT2D eigenvalue weighted by molar-refractivity contribution is 7.80. The fourth-order valence-electron chi connectivity index (χ4n) is 1.64. The molecule has 0 aromatic heterocycles. The average Bonchev–Trinajstić information content (AvgIpc) is 2.49. The zero-order valence-corrected chi connectivity index (χ0v) is 12.0. The third kappa shape index (κ3) is 4.25. The molecule has 0 atom stereocenters. The van der Waals surface area contributed by atoms with Gasteiger partial charge in [0, 0.05) is 11.3 Å². The van der Waals surface area contributed by atoms with E-state index in [0.29, 0.717) is 17.0 Å². The van der Waals surface area contributed by atoms with E-state index in [1.807, 2.05) is 0 Å². The second kappa shape index (κ2) is 6.81. The summed E-state index contributed by atoms with van der Waals surface area (Å²) in [5.41, 5.74) is 1.02. The van der Waals surface area contributed by atoms with Crippen LogP contribution in [0.15, 0.2) is 48.5 Å². The number of methoxy groups -OCH3 is 1. The Labute approximate surface area is 126 Å². The molecule has 4 nitrogen and oxygen atoms in total. The van der Waals surface area contributed by atoms with E-state index in [1.54, 1.807) is 24.3 Å². The van der Waals surface area contributed by atoms with Crippen LogP contribution in [0.5, 0.6) is 5.75 Å². The number of amides is 1. The minimum Gasteiger partial charge on any atom is -0.497 e. The van der Waals surface area contributed by atoms with E-state index in [9.17, 15) is 9.18 Å². The van der Waals surface area contributed by atoms with Crippen LogP contribution >= 0.6 is 12.2 Å². The largest absolute Gasteiger partial charge is 0.497 e. The molecule has 0 aliphatic carbocycles. The predicted molar refractivity (Wildman–Crippen MR) is 83.1 cm³/mol. The zero-order valence-electron chi connectivity index (χ0n) is 11.2. The Kier molecular flexibility index (Phi) is 4.84. The van der Waals surface area contributed by atoms with Crippen LogP contribution in [0.2, 0.25) is 0 Å². The lowest BCUT2D eigenvalue weighted by atomic mass is 10.2. The number of carbonyl (C=O) groups excluding carboxylic acids is 1. The van der Waals surface area contributed by atoms with Crippen LogP contribution < -0.4 is 15.4 Å². The molecule has 0 heterocycles. The van der Waals surface area contributed by atoms with Crippen molar-refractivity contribution in [1.29, 1.82) is 0 Å². The Balaban J connectivity index is 1.98. The molecule has 0 aliphatic heterocycles. The molecule has 0 saturated carbocycles. The van der Waals surface area contributed by atoms with Crippen LogP contribution in [0.1, 0.15) is 10.4 Å². The van der Waals surface area contributed by atoms with Crippen molar-refractivity contribution in [3.63, 3.8) is 0 Å². The number of thiocarbonyl (C=S) groups is 1. The molecular formula is C15H13FN2O2S. The lowest BCUT2D eigenvalue weighted by molar-refractivity contribution is 0.0977. The van der Waals surface area contributed by atoms with Crippen LogP contribution in [0.4, 0.5) is 10.1 Å². The Hall–Kier alpha value is -2.47. The van der Waals surface area contributed by atoms with Gasteiger partial charge in [-0.25, -0.2) is 4.39 Å². The molecule has 2 N–H and O–H groups in total. The summed E-state index contributed by atoms with van der Waals surface area (Å²) in [6, 6.07) is 12.4. The summed E-state index contributed by atoms with van der Waals surface area (Å²) in [7, 11) is 1.53. The molecule has 0 aliphatic rings. The van der Waals surface area contributed by atoms with Gasteiger partial charge in [0.2, 0.25) is 0 Å². The minimum absolute atomic E-state index is 0.134. The van der Waals surface area contributed by atoms with Crippen LogP contribution in [0, 0.1) is 5.82 Å². The number of hydrogen-bond donors (Lipinski definition) is 2. The van der Waals surface area contributed by atoms with Gasteiger partial charge in [0.05, 0.1) is 7.11 Å². The molecule has 0 saturated heterocycles. The Bertz CT molecular complexity index is 659.